The number of carboxylic acid groups (broad SMARTS) is 1. The second kappa shape index (κ2) is 8.48. The second-order valence-electron chi connectivity index (χ2n) is 7.55. The van der Waals surface area contributed by atoms with Crippen LogP contribution in [0.25, 0.3) is 11.1 Å². The molecular weight excluding hydrogens is 397 g/mol. The van der Waals surface area contributed by atoms with Crippen LogP contribution in [-0.4, -0.2) is 31.1 Å². The summed E-state index contributed by atoms with van der Waals surface area (Å²) in [5.74, 6) is -0.505. The van der Waals surface area contributed by atoms with Gasteiger partial charge in [0.1, 0.15) is 6.07 Å². The first-order valence-corrected chi connectivity index (χ1v) is 9.97. The normalized spacial score (nSPS) is 14.7. The van der Waals surface area contributed by atoms with Crippen LogP contribution in [0.1, 0.15) is 42.8 Å². The zero-order chi connectivity index (χ0) is 21.8. The number of benzene rings is 1. The second-order valence-corrected chi connectivity index (χ2v) is 7.55. The van der Waals surface area contributed by atoms with Crippen molar-refractivity contribution in [1.29, 1.82) is 5.26 Å². The highest BCUT2D eigenvalue weighted by Crippen LogP contribution is 2.44. The topological polar surface area (TPSA) is 103 Å². The van der Waals surface area contributed by atoms with Crippen LogP contribution in [0.4, 0.5) is 9.18 Å². The molecule has 1 amide bonds. The van der Waals surface area contributed by atoms with Crippen LogP contribution in [0, 0.1) is 17.3 Å². The molecule has 1 aromatic carbocycles. The fraction of sp³-hybridized carbons (Fsp3) is 0.261. The smallest absolute Gasteiger partial charge is 0.408 e. The molecule has 8 heteroatoms. The average Bonchev–Trinajstić information content (AvgIpc) is 3.29. The van der Waals surface area contributed by atoms with Crippen molar-refractivity contribution in [3.05, 3.63) is 77.9 Å². The van der Waals surface area contributed by atoms with Gasteiger partial charge < -0.3 is 5.11 Å². The van der Waals surface area contributed by atoms with E-state index < -0.39 is 17.6 Å². The Kier molecular flexibility index (Phi) is 5.58. The summed E-state index contributed by atoms with van der Waals surface area (Å²) in [5, 5.41) is 19.3. The molecule has 0 atom stereocenters. The summed E-state index contributed by atoms with van der Waals surface area (Å²) in [4.78, 5) is 25.7. The molecule has 0 spiro atoms. The number of hydrogen-bond donors (Lipinski definition) is 1. The molecule has 1 saturated carbocycles. The Morgan fingerprint density at radius 1 is 1.10 bits per heavy atom. The molecule has 2 heterocycles. The van der Waals surface area contributed by atoms with E-state index >= 15 is 0 Å². The molecule has 1 aliphatic rings. The number of hydrogen-bond acceptors (Lipinski definition) is 5. The van der Waals surface area contributed by atoms with E-state index in [1.807, 2.05) is 30.3 Å². The summed E-state index contributed by atoms with van der Waals surface area (Å²) in [6.45, 7) is 0.184. The first-order valence-electron chi connectivity index (χ1n) is 9.97. The molecule has 1 N–H and O–H groups in total. The van der Waals surface area contributed by atoms with E-state index in [0.29, 0.717) is 18.5 Å². The van der Waals surface area contributed by atoms with Crippen LogP contribution in [0.15, 0.2) is 54.9 Å². The van der Waals surface area contributed by atoms with Gasteiger partial charge in [-0.15, -0.1) is 0 Å². The number of pyridine rings is 1. The number of amides is 1. The first-order chi connectivity index (χ1) is 15.0. The third-order valence-corrected chi connectivity index (χ3v) is 5.77. The molecule has 156 valence electrons. The maximum Gasteiger partial charge on any atom is 0.408 e. The van der Waals surface area contributed by atoms with Gasteiger partial charge >= 0.3 is 6.09 Å². The minimum Gasteiger partial charge on any atom is -0.465 e. The third kappa shape index (κ3) is 4.08. The maximum absolute atomic E-state index is 13.1. The third-order valence-electron chi connectivity index (χ3n) is 5.77. The number of aromatic nitrogens is 3. The summed E-state index contributed by atoms with van der Waals surface area (Å²) >= 11 is 0. The van der Waals surface area contributed by atoms with Gasteiger partial charge in [0.2, 0.25) is 11.8 Å². The van der Waals surface area contributed by atoms with E-state index in [4.69, 9.17) is 0 Å². The standard InChI is InChI=1S/C23H20FN5O2/c24-20-8-7-18(14-27-20)17-5-3-16(4-6-17)15-29(22(30)31)23(10-1-2-11-23)19-9-12-26-21(13-25)28-19/h3-9,12,14H,1-2,10-11,15H2,(H,30,31). The van der Waals surface area contributed by atoms with E-state index in [1.54, 1.807) is 12.1 Å². The Morgan fingerprint density at radius 3 is 2.42 bits per heavy atom. The zero-order valence-electron chi connectivity index (χ0n) is 16.7. The van der Waals surface area contributed by atoms with Gasteiger partial charge in [-0.05, 0) is 42.2 Å². The molecule has 31 heavy (non-hydrogen) atoms. The van der Waals surface area contributed by atoms with Crippen LogP contribution in [0.3, 0.4) is 0 Å². The van der Waals surface area contributed by atoms with Crippen LogP contribution in [0.5, 0.6) is 0 Å². The number of nitriles is 1. The molecule has 3 aromatic rings. The lowest BCUT2D eigenvalue weighted by molar-refractivity contribution is 0.0671. The van der Waals surface area contributed by atoms with Crippen molar-refractivity contribution >= 4 is 6.09 Å². The Bertz CT molecular complexity index is 1120. The van der Waals surface area contributed by atoms with E-state index in [-0.39, 0.29) is 12.4 Å². The number of halogens is 1. The van der Waals surface area contributed by atoms with Gasteiger partial charge in [-0.2, -0.15) is 9.65 Å². The van der Waals surface area contributed by atoms with E-state index in [2.05, 4.69) is 15.0 Å². The molecule has 1 aliphatic carbocycles. The maximum atomic E-state index is 13.1. The van der Waals surface area contributed by atoms with Gasteiger partial charge in [0.25, 0.3) is 0 Å². The average molecular weight is 417 g/mol. The fourth-order valence-electron chi connectivity index (χ4n) is 4.23. The van der Waals surface area contributed by atoms with Gasteiger partial charge in [-0.25, -0.2) is 19.7 Å². The van der Waals surface area contributed by atoms with Crippen molar-refractivity contribution < 1.29 is 14.3 Å². The van der Waals surface area contributed by atoms with Crippen molar-refractivity contribution in [3.8, 4) is 17.2 Å². The van der Waals surface area contributed by atoms with Crippen molar-refractivity contribution in [3.63, 3.8) is 0 Å². The Balaban J connectivity index is 1.64. The lowest BCUT2D eigenvalue weighted by Gasteiger charge is -2.39. The Labute approximate surface area is 178 Å². The molecule has 0 radical (unpaired) electrons. The summed E-state index contributed by atoms with van der Waals surface area (Å²) in [6.07, 6.45) is 4.97. The van der Waals surface area contributed by atoms with Crippen molar-refractivity contribution in [2.75, 3.05) is 0 Å². The Morgan fingerprint density at radius 2 is 1.81 bits per heavy atom. The molecule has 4 rings (SSSR count). The summed E-state index contributed by atoms with van der Waals surface area (Å²) < 4.78 is 13.1. The summed E-state index contributed by atoms with van der Waals surface area (Å²) in [7, 11) is 0. The summed E-state index contributed by atoms with van der Waals surface area (Å²) in [5.41, 5.74) is 2.23. The molecular formula is C23H20FN5O2. The van der Waals surface area contributed by atoms with Crippen LogP contribution >= 0.6 is 0 Å². The van der Waals surface area contributed by atoms with Crippen LogP contribution in [0.2, 0.25) is 0 Å². The van der Waals surface area contributed by atoms with E-state index in [9.17, 15) is 19.6 Å². The quantitative estimate of drug-likeness (QED) is 0.613. The fourth-order valence-corrected chi connectivity index (χ4v) is 4.23. The minimum atomic E-state index is -1.04. The van der Waals surface area contributed by atoms with Gasteiger partial charge in [0.05, 0.1) is 11.2 Å². The largest absolute Gasteiger partial charge is 0.465 e. The Hall–Kier alpha value is -3.86. The van der Waals surface area contributed by atoms with E-state index in [0.717, 1.165) is 29.5 Å². The van der Waals surface area contributed by atoms with Crippen molar-refractivity contribution in [2.24, 2.45) is 0 Å². The van der Waals surface area contributed by atoms with Gasteiger partial charge in [0.15, 0.2) is 0 Å². The summed E-state index contributed by atoms with van der Waals surface area (Å²) in [6, 6.07) is 14.0. The number of nitrogens with zero attached hydrogens (tertiary/aromatic N) is 5. The predicted octanol–water partition coefficient (Wildman–Crippen LogP) is 4.50. The molecule has 1 fully saturated rings. The minimum absolute atomic E-state index is 0.0337. The first kappa shape index (κ1) is 20.4. The van der Waals surface area contributed by atoms with Crippen LogP contribution in [-0.2, 0) is 12.1 Å². The molecule has 7 nitrogen and oxygen atoms in total. The van der Waals surface area contributed by atoms with Gasteiger partial charge in [-0.1, -0.05) is 37.1 Å². The van der Waals surface area contributed by atoms with Crippen molar-refractivity contribution in [1.82, 2.24) is 19.9 Å². The highest BCUT2D eigenvalue weighted by molar-refractivity contribution is 5.67. The van der Waals surface area contributed by atoms with E-state index in [1.165, 1.54) is 23.4 Å². The highest BCUT2D eigenvalue weighted by atomic mass is 19.1. The highest BCUT2D eigenvalue weighted by Gasteiger charge is 2.45. The van der Waals surface area contributed by atoms with Crippen molar-refractivity contribution in [2.45, 2.75) is 37.8 Å². The predicted molar refractivity (Wildman–Crippen MR) is 110 cm³/mol. The molecule has 0 bridgehead atoms. The van der Waals surface area contributed by atoms with Gasteiger partial charge in [0, 0.05) is 24.5 Å². The van der Waals surface area contributed by atoms with Crippen LogP contribution < -0.4 is 0 Å². The molecule has 0 aliphatic heterocycles. The number of rotatable bonds is 5. The molecule has 0 saturated heterocycles. The lowest BCUT2D eigenvalue weighted by atomic mass is 9.90. The lowest BCUT2D eigenvalue weighted by Crippen LogP contribution is -2.47. The molecule has 0 unspecified atom stereocenters. The monoisotopic (exact) mass is 417 g/mol. The SMILES string of the molecule is N#Cc1nccc(C2(N(Cc3ccc(-c4ccc(F)nc4)cc3)C(=O)O)CCCC2)n1. The van der Waals surface area contributed by atoms with Gasteiger partial charge in [-0.3, -0.25) is 4.90 Å². The molecule has 2 aromatic heterocycles. The zero-order valence-corrected chi connectivity index (χ0v) is 16.7. The number of carbonyl (C=O) groups is 1.